The molecule has 0 unspecified atom stereocenters. The lowest BCUT2D eigenvalue weighted by Crippen LogP contribution is -2.13. The molecule has 0 aliphatic heterocycles. The van der Waals surface area contributed by atoms with Crippen LogP contribution in [0.15, 0.2) is 59.7 Å². The van der Waals surface area contributed by atoms with Crippen LogP contribution >= 0.6 is 11.6 Å². The van der Waals surface area contributed by atoms with E-state index in [4.69, 9.17) is 11.6 Å². The Kier molecular flexibility index (Phi) is 3.39. The van der Waals surface area contributed by atoms with Gasteiger partial charge in [0, 0.05) is 23.7 Å². The predicted molar refractivity (Wildman–Crippen MR) is 78.8 cm³/mol. The van der Waals surface area contributed by atoms with E-state index in [1.54, 1.807) is 17.0 Å². The first kappa shape index (κ1) is 12.7. The number of hydrogen-bond donors (Lipinski definition) is 1. The Morgan fingerprint density at radius 1 is 1.15 bits per heavy atom. The van der Waals surface area contributed by atoms with Gasteiger partial charge < -0.3 is 9.55 Å². The highest BCUT2D eigenvalue weighted by atomic mass is 35.5. The minimum atomic E-state index is -0.107. The number of aromatic amines is 1. The molecule has 0 radical (unpaired) electrons. The van der Waals surface area contributed by atoms with Crippen LogP contribution in [0, 0.1) is 0 Å². The number of pyridine rings is 1. The Morgan fingerprint density at radius 2 is 1.95 bits per heavy atom. The van der Waals surface area contributed by atoms with Crippen molar-refractivity contribution in [1.29, 1.82) is 0 Å². The van der Waals surface area contributed by atoms with Crippen LogP contribution in [0.25, 0.3) is 11.1 Å². The zero-order valence-corrected chi connectivity index (χ0v) is 11.3. The molecule has 1 N–H and O–H groups in total. The molecule has 0 saturated carbocycles. The average molecular weight is 286 g/mol. The summed E-state index contributed by atoms with van der Waals surface area (Å²) in [5.41, 5.74) is 2.24. The summed E-state index contributed by atoms with van der Waals surface area (Å²) < 4.78 is 1.76. The van der Waals surface area contributed by atoms with Crippen LogP contribution in [0.2, 0.25) is 5.28 Å². The first-order chi connectivity index (χ1) is 9.74. The topological polar surface area (TPSA) is 50.7 Å². The van der Waals surface area contributed by atoms with E-state index in [1.165, 1.54) is 0 Å². The predicted octanol–water partition coefficient (Wildman–Crippen LogP) is 2.94. The fourth-order valence-electron chi connectivity index (χ4n) is 2.06. The van der Waals surface area contributed by atoms with Crippen molar-refractivity contribution in [1.82, 2.24) is 14.5 Å². The number of benzene rings is 1. The van der Waals surface area contributed by atoms with Gasteiger partial charge in [0.15, 0.2) is 0 Å². The van der Waals surface area contributed by atoms with E-state index in [0.29, 0.717) is 17.4 Å². The number of nitrogens with zero attached hydrogens (tertiary/aromatic N) is 2. The van der Waals surface area contributed by atoms with Crippen LogP contribution in [0.5, 0.6) is 0 Å². The van der Waals surface area contributed by atoms with Gasteiger partial charge >= 0.3 is 0 Å². The number of rotatable bonds is 3. The second-order valence-electron chi connectivity index (χ2n) is 4.42. The van der Waals surface area contributed by atoms with Gasteiger partial charge in [-0.25, -0.2) is 4.98 Å². The van der Waals surface area contributed by atoms with Crippen molar-refractivity contribution in [2.75, 3.05) is 0 Å². The van der Waals surface area contributed by atoms with Gasteiger partial charge in [0.2, 0.25) is 5.28 Å². The van der Waals surface area contributed by atoms with E-state index in [9.17, 15) is 4.79 Å². The molecule has 3 rings (SSSR count). The summed E-state index contributed by atoms with van der Waals surface area (Å²) in [6.45, 7) is 0.489. The minimum absolute atomic E-state index is 0.107. The number of H-pyrrole nitrogens is 1. The van der Waals surface area contributed by atoms with E-state index < -0.39 is 0 Å². The number of nitrogens with one attached hydrogen (secondary N) is 1. The molecule has 0 fully saturated rings. The normalized spacial score (nSPS) is 10.7. The van der Waals surface area contributed by atoms with Crippen molar-refractivity contribution in [3.8, 4) is 11.1 Å². The van der Waals surface area contributed by atoms with Crippen molar-refractivity contribution < 1.29 is 0 Å². The molecule has 0 atom stereocenters. The third kappa shape index (κ3) is 2.51. The molecule has 0 amide bonds. The van der Waals surface area contributed by atoms with E-state index in [1.807, 2.05) is 42.5 Å². The molecule has 0 saturated heterocycles. The highest BCUT2D eigenvalue weighted by Crippen LogP contribution is 2.15. The summed E-state index contributed by atoms with van der Waals surface area (Å²) >= 11 is 5.92. The molecule has 0 aliphatic carbocycles. The molecule has 2 aromatic heterocycles. The van der Waals surface area contributed by atoms with Gasteiger partial charge in [0.05, 0.1) is 6.54 Å². The maximum absolute atomic E-state index is 12.1. The molecule has 3 aromatic rings. The number of aromatic nitrogens is 3. The van der Waals surface area contributed by atoms with Gasteiger partial charge in [-0.1, -0.05) is 30.3 Å². The second-order valence-corrected chi connectivity index (χ2v) is 4.75. The van der Waals surface area contributed by atoms with E-state index in [0.717, 1.165) is 11.3 Å². The summed E-state index contributed by atoms with van der Waals surface area (Å²) in [7, 11) is 0. The van der Waals surface area contributed by atoms with E-state index >= 15 is 0 Å². The standard InChI is InChI=1S/C15H12ClN3O/c16-15-17-8-9-19(15)10-12-6-7-13(14(20)18-12)11-4-2-1-3-5-11/h1-9H,10H2,(H,18,20). The zero-order chi connectivity index (χ0) is 13.9. The summed E-state index contributed by atoms with van der Waals surface area (Å²) in [4.78, 5) is 19.0. The quantitative estimate of drug-likeness (QED) is 0.804. The third-order valence-electron chi connectivity index (χ3n) is 3.06. The molecular weight excluding hydrogens is 274 g/mol. The van der Waals surface area contributed by atoms with Crippen LogP contribution < -0.4 is 5.56 Å². The zero-order valence-electron chi connectivity index (χ0n) is 10.6. The van der Waals surface area contributed by atoms with E-state index in [2.05, 4.69) is 9.97 Å². The highest BCUT2D eigenvalue weighted by molar-refractivity contribution is 6.28. The molecule has 1 aromatic carbocycles. The molecule has 100 valence electrons. The lowest BCUT2D eigenvalue weighted by Gasteiger charge is -2.06. The van der Waals surface area contributed by atoms with Gasteiger partial charge in [-0.2, -0.15) is 0 Å². The van der Waals surface area contributed by atoms with Crippen LogP contribution in [-0.4, -0.2) is 14.5 Å². The van der Waals surface area contributed by atoms with Crippen molar-refractivity contribution in [2.45, 2.75) is 6.54 Å². The van der Waals surface area contributed by atoms with Gasteiger partial charge in [-0.15, -0.1) is 0 Å². The Bertz CT molecular complexity index is 777. The van der Waals surface area contributed by atoms with Crippen molar-refractivity contribution in [3.05, 3.63) is 76.2 Å². The highest BCUT2D eigenvalue weighted by Gasteiger charge is 2.05. The van der Waals surface area contributed by atoms with Crippen molar-refractivity contribution in [2.24, 2.45) is 0 Å². The lowest BCUT2D eigenvalue weighted by molar-refractivity contribution is 0.771. The first-order valence-electron chi connectivity index (χ1n) is 6.18. The van der Waals surface area contributed by atoms with Gasteiger partial charge in [-0.3, -0.25) is 4.79 Å². The SMILES string of the molecule is O=c1[nH]c(Cn2ccnc2Cl)ccc1-c1ccccc1. The number of halogens is 1. The minimum Gasteiger partial charge on any atom is -0.324 e. The largest absolute Gasteiger partial charge is 0.324 e. The molecule has 0 spiro atoms. The lowest BCUT2D eigenvalue weighted by atomic mass is 10.1. The summed E-state index contributed by atoms with van der Waals surface area (Å²) in [6, 6.07) is 13.3. The van der Waals surface area contributed by atoms with Crippen molar-refractivity contribution in [3.63, 3.8) is 0 Å². The van der Waals surface area contributed by atoms with Crippen LogP contribution in [0.4, 0.5) is 0 Å². The van der Waals surface area contributed by atoms with Gasteiger partial charge in [0.25, 0.3) is 5.56 Å². The number of imidazole rings is 1. The smallest absolute Gasteiger partial charge is 0.256 e. The monoisotopic (exact) mass is 285 g/mol. The fourth-order valence-corrected chi connectivity index (χ4v) is 2.24. The number of hydrogen-bond acceptors (Lipinski definition) is 2. The van der Waals surface area contributed by atoms with Crippen LogP contribution in [-0.2, 0) is 6.54 Å². The Labute approximate surface area is 120 Å². The molecule has 20 heavy (non-hydrogen) atoms. The average Bonchev–Trinajstić information content (AvgIpc) is 2.85. The molecular formula is C15H12ClN3O. The fraction of sp³-hybridized carbons (Fsp3) is 0.0667. The Morgan fingerprint density at radius 3 is 2.60 bits per heavy atom. The summed E-state index contributed by atoms with van der Waals surface area (Å²) in [5.74, 6) is 0. The Balaban J connectivity index is 1.92. The maximum atomic E-state index is 12.1. The second kappa shape index (κ2) is 5.35. The van der Waals surface area contributed by atoms with Crippen molar-refractivity contribution >= 4 is 11.6 Å². The maximum Gasteiger partial charge on any atom is 0.256 e. The van der Waals surface area contributed by atoms with Gasteiger partial charge in [-0.05, 0) is 29.3 Å². The van der Waals surface area contributed by atoms with Gasteiger partial charge in [0.1, 0.15) is 0 Å². The third-order valence-corrected chi connectivity index (χ3v) is 3.37. The van der Waals surface area contributed by atoms with E-state index in [-0.39, 0.29) is 5.56 Å². The Hall–Kier alpha value is -2.33. The first-order valence-corrected chi connectivity index (χ1v) is 6.56. The summed E-state index contributed by atoms with van der Waals surface area (Å²) in [6.07, 6.45) is 3.39. The molecule has 0 aliphatic rings. The van der Waals surface area contributed by atoms with Crippen LogP contribution in [0.1, 0.15) is 5.69 Å². The summed E-state index contributed by atoms with van der Waals surface area (Å²) in [5, 5.41) is 0.401. The molecule has 0 bridgehead atoms. The molecule has 2 heterocycles. The van der Waals surface area contributed by atoms with Crippen LogP contribution in [0.3, 0.4) is 0 Å². The molecule has 4 nitrogen and oxygen atoms in total. The molecule has 5 heteroatoms.